The highest BCUT2D eigenvalue weighted by Gasteiger charge is 2.18. The third-order valence-corrected chi connectivity index (χ3v) is 5.44. The van der Waals surface area contributed by atoms with Crippen LogP contribution < -0.4 is 10.2 Å². The van der Waals surface area contributed by atoms with Crippen LogP contribution in [0.4, 0.5) is 11.4 Å². The fraction of sp³-hybridized carbons (Fsp3) is 0.0952. The Morgan fingerprint density at radius 2 is 1.79 bits per heavy atom. The molecule has 0 unspecified atom stereocenters. The number of carbonyl (C=O) groups is 1. The number of amides is 1. The second-order valence-electron chi connectivity index (χ2n) is 6.49. The van der Waals surface area contributed by atoms with Gasteiger partial charge in [-0.1, -0.05) is 16.8 Å². The van der Waals surface area contributed by atoms with Crippen molar-refractivity contribution < 1.29 is 9.32 Å². The smallest absolute Gasteiger partial charge is 0.270 e. The van der Waals surface area contributed by atoms with Crippen molar-refractivity contribution in [3.63, 3.8) is 0 Å². The maximum atomic E-state index is 12.6. The van der Waals surface area contributed by atoms with Crippen molar-refractivity contribution in [2.24, 2.45) is 0 Å². The maximum absolute atomic E-state index is 12.6. The van der Waals surface area contributed by atoms with Gasteiger partial charge in [-0.3, -0.25) is 4.79 Å². The van der Waals surface area contributed by atoms with E-state index < -0.39 is 0 Å². The number of nitrogens with one attached hydrogen (secondary N) is 1. The highest BCUT2D eigenvalue weighted by Crippen LogP contribution is 2.34. The summed E-state index contributed by atoms with van der Waals surface area (Å²) in [5, 5.41) is 9.47. The minimum Gasteiger partial charge on any atom is -0.378 e. The van der Waals surface area contributed by atoms with Gasteiger partial charge >= 0.3 is 0 Å². The number of anilines is 2. The number of halogens is 1. The second kappa shape index (κ2) is 8.06. The summed E-state index contributed by atoms with van der Waals surface area (Å²) in [7, 11) is 3.91. The van der Waals surface area contributed by atoms with Crippen LogP contribution in [-0.2, 0) is 0 Å². The molecule has 2 aromatic heterocycles. The molecule has 1 amide bonds. The molecular formula is C21H17ClN4O2S. The SMILES string of the molecule is CN(C)c1ccc(C(=O)Nc2ccsc2-c2nc(-c3ccc(Cl)cc3)no2)cc1. The number of thiophene rings is 1. The van der Waals surface area contributed by atoms with Crippen LogP contribution in [0.3, 0.4) is 0 Å². The van der Waals surface area contributed by atoms with Crippen molar-refractivity contribution in [2.75, 3.05) is 24.3 Å². The highest BCUT2D eigenvalue weighted by atomic mass is 35.5. The van der Waals surface area contributed by atoms with E-state index in [2.05, 4.69) is 15.5 Å². The van der Waals surface area contributed by atoms with Crippen molar-refractivity contribution in [3.8, 4) is 22.2 Å². The molecule has 0 atom stereocenters. The van der Waals surface area contributed by atoms with Gasteiger partial charge in [0.25, 0.3) is 11.8 Å². The Morgan fingerprint density at radius 3 is 2.48 bits per heavy atom. The fourth-order valence-corrected chi connectivity index (χ4v) is 3.61. The van der Waals surface area contributed by atoms with Crippen LogP contribution in [0.1, 0.15) is 10.4 Å². The molecule has 0 aliphatic heterocycles. The van der Waals surface area contributed by atoms with Gasteiger partial charge in [-0.15, -0.1) is 11.3 Å². The number of aromatic nitrogens is 2. The largest absolute Gasteiger partial charge is 0.378 e. The predicted molar refractivity (Wildman–Crippen MR) is 117 cm³/mol. The van der Waals surface area contributed by atoms with Crippen LogP contribution in [0.5, 0.6) is 0 Å². The van der Waals surface area contributed by atoms with Crippen molar-refractivity contribution in [2.45, 2.75) is 0 Å². The van der Waals surface area contributed by atoms with Gasteiger partial charge in [0.05, 0.1) is 5.69 Å². The molecule has 0 fully saturated rings. The third kappa shape index (κ3) is 4.16. The molecule has 4 aromatic rings. The summed E-state index contributed by atoms with van der Waals surface area (Å²) in [6.07, 6.45) is 0. The predicted octanol–water partition coefficient (Wildman–Crippen LogP) is 5.44. The summed E-state index contributed by atoms with van der Waals surface area (Å²) in [6.45, 7) is 0. The molecule has 0 aliphatic rings. The minimum atomic E-state index is -0.201. The Balaban J connectivity index is 1.54. The number of hydrogen-bond acceptors (Lipinski definition) is 6. The first kappa shape index (κ1) is 19.2. The van der Waals surface area contributed by atoms with E-state index in [-0.39, 0.29) is 5.91 Å². The Hall–Kier alpha value is -3.16. The molecule has 29 heavy (non-hydrogen) atoms. The van der Waals surface area contributed by atoms with E-state index in [1.165, 1.54) is 11.3 Å². The van der Waals surface area contributed by atoms with Crippen molar-refractivity contribution in [1.82, 2.24) is 10.1 Å². The van der Waals surface area contributed by atoms with Gasteiger partial charge in [0.1, 0.15) is 4.88 Å². The zero-order valence-electron chi connectivity index (χ0n) is 15.7. The Labute approximate surface area is 176 Å². The van der Waals surface area contributed by atoms with Crippen LogP contribution in [0.2, 0.25) is 5.02 Å². The van der Waals surface area contributed by atoms with E-state index in [9.17, 15) is 4.79 Å². The molecular weight excluding hydrogens is 408 g/mol. The molecule has 0 saturated heterocycles. The molecule has 0 bridgehead atoms. The lowest BCUT2D eigenvalue weighted by molar-refractivity contribution is 0.102. The van der Waals surface area contributed by atoms with E-state index in [0.29, 0.717) is 32.9 Å². The molecule has 2 aromatic carbocycles. The molecule has 2 heterocycles. The number of benzene rings is 2. The lowest BCUT2D eigenvalue weighted by Crippen LogP contribution is -2.13. The number of rotatable bonds is 5. The quantitative estimate of drug-likeness (QED) is 0.462. The first-order valence-corrected chi connectivity index (χ1v) is 10.0. The van der Waals surface area contributed by atoms with Crippen LogP contribution in [0.25, 0.3) is 22.2 Å². The lowest BCUT2D eigenvalue weighted by Gasteiger charge is -2.12. The first-order chi connectivity index (χ1) is 14.0. The Kier molecular flexibility index (Phi) is 5.33. The Bertz CT molecular complexity index is 1130. The summed E-state index contributed by atoms with van der Waals surface area (Å²) in [6, 6.07) is 16.4. The zero-order valence-corrected chi connectivity index (χ0v) is 17.3. The molecule has 8 heteroatoms. The van der Waals surface area contributed by atoms with Gasteiger partial charge < -0.3 is 14.7 Å². The number of hydrogen-bond donors (Lipinski definition) is 1. The van der Waals surface area contributed by atoms with Gasteiger partial charge in [-0.25, -0.2) is 0 Å². The summed E-state index contributed by atoms with van der Waals surface area (Å²) < 4.78 is 5.42. The zero-order chi connectivity index (χ0) is 20.4. The maximum Gasteiger partial charge on any atom is 0.270 e. The van der Waals surface area contributed by atoms with Crippen LogP contribution >= 0.6 is 22.9 Å². The second-order valence-corrected chi connectivity index (χ2v) is 7.84. The van der Waals surface area contributed by atoms with Gasteiger partial charge in [0.15, 0.2) is 0 Å². The summed E-state index contributed by atoms with van der Waals surface area (Å²) in [5.74, 6) is 0.609. The average Bonchev–Trinajstić information content (AvgIpc) is 3.38. The topological polar surface area (TPSA) is 71.3 Å². The normalized spacial score (nSPS) is 10.7. The summed E-state index contributed by atoms with van der Waals surface area (Å²) in [5.41, 5.74) is 3.02. The monoisotopic (exact) mass is 424 g/mol. The molecule has 0 saturated carbocycles. The molecule has 1 N–H and O–H groups in total. The number of nitrogens with zero attached hydrogens (tertiary/aromatic N) is 3. The van der Waals surface area contributed by atoms with E-state index in [0.717, 1.165) is 11.3 Å². The molecule has 4 rings (SSSR count). The van der Waals surface area contributed by atoms with Crippen LogP contribution in [0.15, 0.2) is 64.5 Å². The summed E-state index contributed by atoms with van der Waals surface area (Å²) in [4.78, 5) is 19.8. The molecule has 0 spiro atoms. The van der Waals surface area contributed by atoms with E-state index in [1.807, 2.05) is 54.7 Å². The van der Waals surface area contributed by atoms with Gasteiger partial charge in [0, 0.05) is 35.9 Å². The van der Waals surface area contributed by atoms with Crippen molar-refractivity contribution in [1.29, 1.82) is 0 Å². The van der Waals surface area contributed by atoms with Gasteiger partial charge in [-0.05, 0) is 60.0 Å². The van der Waals surface area contributed by atoms with Gasteiger partial charge in [-0.2, -0.15) is 4.98 Å². The summed E-state index contributed by atoms with van der Waals surface area (Å²) >= 11 is 7.34. The van der Waals surface area contributed by atoms with Crippen molar-refractivity contribution >= 4 is 40.2 Å². The van der Waals surface area contributed by atoms with Crippen LogP contribution in [0, 0.1) is 0 Å². The third-order valence-electron chi connectivity index (χ3n) is 4.28. The van der Waals surface area contributed by atoms with Crippen LogP contribution in [-0.4, -0.2) is 30.1 Å². The van der Waals surface area contributed by atoms with E-state index in [1.54, 1.807) is 24.3 Å². The minimum absolute atomic E-state index is 0.201. The average molecular weight is 425 g/mol. The van der Waals surface area contributed by atoms with Gasteiger partial charge in [0.2, 0.25) is 5.82 Å². The number of carbonyl (C=O) groups excluding carboxylic acids is 1. The standard InChI is InChI=1S/C21H17ClN4O2S/c1-26(2)16-9-5-14(6-10-16)20(27)23-17-11-12-29-18(17)21-24-19(25-28-21)13-3-7-15(22)8-4-13/h3-12H,1-2H3,(H,23,27). The molecule has 0 aliphatic carbocycles. The lowest BCUT2D eigenvalue weighted by atomic mass is 10.2. The van der Waals surface area contributed by atoms with Crippen molar-refractivity contribution in [3.05, 3.63) is 70.6 Å². The fourth-order valence-electron chi connectivity index (χ4n) is 2.71. The van der Waals surface area contributed by atoms with E-state index in [4.69, 9.17) is 16.1 Å². The Morgan fingerprint density at radius 1 is 1.07 bits per heavy atom. The molecule has 0 radical (unpaired) electrons. The first-order valence-electron chi connectivity index (χ1n) is 8.77. The molecule has 146 valence electrons. The van der Waals surface area contributed by atoms with E-state index >= 15 is 0 Å². The highest BCUT2D eigenvalue weighted by molar-refractivity contribution is 7.14. The molecule has 6 nitrogen and oxygen atoms in total.